The lowest BCUT2D eigenvalue weighted by molar-refractivity contribution is -0.139. The number of hydrogen-bond donors (Lipinski definition) is 3. The monoisotopic (exact) mass is 281 g/mol. The van der Waals surface area contributed by atoms with Gasteiger partial charge in [0.2, 0.25) is 0 Å². The molecule has 0 fully saturated rings. The fourth-order valence-electron chi connectivity index (χ4n) is 1.74. The molecule has 1 rings (SSSR count). The molecule has 0 saturated heterocycles. The lowest BCUT2D eigenvalue weighted by atomic mass is 10.1. The van der Waals surface area contributed by atoms with Gasteiger partial charge in [0.1, 0.15) is 6.04 Å². The summed E-state index contributed by atoms with van der Waals surface area (Å²) < 4.78 is 0. The Hall–Kier alpha value is -1.33. The number of carbonyl (C=O) groups excluding carboxylic acids is 1. The second kappa shape index (κ2) is 8.72. The van der Waals surface area contributed by atoms with E-state index in [1.807, 2.05) is 18.2 Å². The zero-order valence-electron chi connectivity index (χ0n) is 10.7. The molecule has 0 aliphatic rings. The molecular weight excluding hydrogens is 262 g/mol. The summed E-state index contributed by atoms with van der Waals surface area (Å²) in [6, 6.07) is 8.53. The Morgan fingerprint density at radius 3 is 2.53 bits per heavy atom. The minimum atomic E-state index is -0.872. The molecule has 0 bridgehead atoms. The van der Waals surface area contributed by atoms with Crippen molar-refractivity contribution in [3.05, 3.63) is 35.9 Å². The van der Waals surface area contributed by atoms with E-state index in [1.54, 1.807) is 12.1 Å². The van der Waals surface area contributed by atoms with E-state index in [9.17, 15) is 9.59 Å². The van der Waals surface area contributed by atoms with Crippen LogP contribution in [0, 0.1) is 0 Å². The van der Waals surface area contributed by atoms with Gasteiger partial charge in [0.25, 0.3) is 0 Å². The predicted molar refractivity (Wildman–Crippen MR) is 77.9 cm³/mol. The van der Waals surface area contributed by atoms with Gasteiger partial charge in [-0.3, -0.25) is 9.59 Å². The first-order valence-corrected chi connectivity index (χ1v) is 6.93. The highest BCUT2D eigenvalue weighted by atomic mass is 32.1. The van der Waals surface area contributed by atoms with Crippen molar-refractivity contribution in [2.24, 2.45) is 0 Å². The third-order valence-corrected chi connectivity index (χ3v) is 3.04. The number of carbonyl (C=O) groups is 2. The third kappa shape index (κ3) is 5.89. The van der Waals surface area contributed by atoms with Crippen LogP contribution in [0.5, 0.6) is 0 Å². The van der Waals surface area contributed by atoms with Crippen molar-refractivity contribution in [1.82, 2.24) is 5.32 Å². The van der Waals surface area contributed by atoms with E-state index < -0.39 is 12.0 Å². The summed E-state index contributed by atoms with van der Waals surface area (Å²) in [7, 11) is 0. The topological polar surface area (TPSA) is 66.4 Å². The molecule has 5 heteroatoms. The molecular formula is C14H19NO3S. The maximum atomic E-state index is 11.8. The second-order valence-corrected chi connectivity index (χ2v) is 4.70. The Balaban J connectivity index is 2.27. The van der Waals surface area contributed by atoms with E-state index in [2.05, 4.69) is 17.9 Å². The fraction of sp³-hybridized carbons (Fsp3) is 0.429. The van der Waals surface area contributed by atoms with Crippen molar-refractivity contribution in [1.29, 1.82) is 0 Å². The van der Waals surface area contributed by atoms with Gasteiger partial charge in [-0.05, 0) is 25.1 Å². The average molecular weight is 281 g/mol. The van der Waals surface area contributed by atoms with Gasteiger partial charge in [0, 0.05) is 12.0 Å². The van der Waals surface area contributed by atoms with E-state index in [4.69, 9.17) is 5.11 Å². The van der Waals surface area contributed by atoms with Crippen LogP contribution in [0.2, 0.25) is 0 Å². The van der Waals surface area contributed by atoms with Crippen molar-refractivity contribution in [2.75, 3.05) is 12.3 Å². The number of carboxylic acids is 1. The average Bonchev–Trinajstić information content (AvgIpc) is 2.42. The van der Waals surface area contributed by atoms with Crippen LogP contribution in [0.15, 0.2) is 30.3 Å². The number of aliphatic carboxylic acids is 1. The van der Waals surface area contributed by atoms with Crippen LogP contribution in [-0.2, 0) is 4.79 Å². The summed E-state index contributed by atoms with van der Waals surface area (Å²) in [5.41, 5.74) is 0.702. The van der Waals surface area contributed by atoms with Crippen LogP contribution in [0.1, 0.15) is 29.6 Å². The Labute approximate surface area is 118 Å². The maximum absolute atomic E-state index is 11.8. The van der Waals surface area contributed by atoms with Gasteiger partial charge in [-0.2, -0.15) is 12.6 Å². The number of nitrogens with one attached hydrogen (secondary N) is 1. The first-order valence-electron chi connectivity index (χ1n) is 6.30. The van der Waals surface area contributed by atoms with Crippen molar-refractivity contribution in [2.45, 2.75) is 25.3 Å². The van der Waals surface area contributed by atoms with E-state index >= 15 is 0 Å². The lowest BCUT2D eigenvalue weighted by Gasteiger charge is -2.12. The molecule has 0 aliphatic carbocycles. The summed E-state index contributed by atoms with van der Waals surface area (Å²) in [6.07, 6.45) is 1.53. The molecule has 104 valence electrons. The number of benzene rings is 1. The standard InChI is InChI=1S/C14H19NO3S/c16-13(11-5-2-1-3-6-11)7-4-9-15-12(8-10-19)14(17)18/h1-3,5-6,12,15,19H,4,7-10H2,(H,17,18)/t12-/m0/s1. The molecule has 0 aliphatic heterocycles. The van der Waals surface area contributed by atoms with Gasteiger partial charge < -0.3 is 10.4 Å². The number of thiol groups is 1. The molecule has 2 N–H and O–H groups in total. The largest absolute Gasteiger partial charge is 0.480 e. The van der Waals surface area contributed by atoms with Crippen molar-refractivity contribution < 1.29 is 14.7 Å². The third-order valence-electron chi connectivity index (χ3n) is 2.78. The number of rotatable bonds is 9. The summed E-state index contributed by atoms with van der Waals surface area (Å²) in [6.45, 7) is 0.517. The van der Waals surface area contributed by atoms with E-state index in [0.29, 0.717) is 37.1 Å². The molecule has 1 atom stereocenters. The SMILES string of the molecule is O=C(CCCN[C@@H](CCS)C(=O)O)c1ccccc1. The number of carboxylic acid groups (broad SMARTS) is 1. The summed E-state index contributed by atoms with van der Waals surface area (Å²) in [5.74, 6) is -0.265. The summed E-state index contributed by atoms with van der Waals surface area (Å²) in [5, 5.41) is 11.9. The Morgan fingerprint density at radius 2 is 1.95 bits per heavy atom. The van der Waals surface area contributed by atoms with Crippen LogP contribution in [0.25, 0.3) is 0 Å². The Kier molecular flexibility index (Phi) is 7.22. The normalized spacial score (nSPS) is 12.1. The molecule has 0 amide bonds. The number of ketones is 1. The molecule has 19 heavy (non-hydrogen) atoms. The smallest absolute Gasteiger partial charge is 0.320 e. The Morgan fingerprint density at radius 1 is 1.26 bits per heavy atom. The van der Waals surface area contributed by atoms with Crippen LogP contribution in [0.4, 0.5) is 0 Å². The molecule has 0 unspecified atom stereocenters. The van der Waals surface area contributed by atoms with Crippen LogP contribution in [0.3, 0.4) is 0 Å². The van der Waals surface area contributed by atoms with Crippen molar-refractivity contribution >= 4 is 24.4 Å². The Bertz CT molecular complexity index is 408. The van der Waals surface area contributed by atoms with Gasteiger partial charge in [-0.1, -0.05) is 30.3 Å². The maximum Gasteiger partial charge on any atom is 0.320 e. The highest BCUT2D eigenvalue weighted by molar-refractivity contribution is 7.80. The van der Waals surface area contributed by atoms with Gasteiger partial charge >= 0.3 is 5.97 Å². The molecule has 0 aromatic heterocycles. The number of Topliss-reactive ketones (excluding diaryl/α,β-unsaturated/α-hetero) is 1. The van der Waals surface area contributed by atoms with Crippen molar-refractivity contribution in [3.8, 4) is 0 Å². The van der Waals surface area contributed by atoms with Gasteiger partial charge in [-0.25, -0.2) is 0 Å². The highest BCUT2D eigenvalue weighted by Gasteiger charge is 2.15. The van der Waals surface area contributed by atoms with Gasteiger partial charge in [0.05, 0.1) is 0 Å². The molecule has 1 aromatic carbocycles. The second-order valence-electron chi connectivity index (χ2n) is 4.25. The molecule has 4 nitrogen and oxygen atoms in total. The molecule has 0 heterocycles. The minimum absolute atomic E-state index is 0.0865. The predicted octanol–water partition coefficient (Wildman–Crippen LogP) is 2.01. The summed E-state index contributed by atoms with van der Waals surface area (Å²) in [4.78, 5) is 22.7. The zero-order valence-corrected chi connectivity index (χ0v) is 11.6. The van der Waals surface area contributed by atoms with Crippen molar-refractivity contribution in [3.63, 3.8) is 0 Å². The van der Waals surface area contributed by atoms with Crippen LogP contribution in [-0.4, -0.2) is 35.2 Å². The van der Waals surface area contributed by atoms with Gasteiger partial charge in [-0.15, -0.1) is 0 Å². The van der Waals surface area contributed by atoms with Gasteiger partial charge in [0.15, 0.2) is 5.78 Å². The van der Waals surface area contributed by atoms with Crippen LogP contribution < -0.4 is 5.32 Å². The van der Waals surface area contributed by atoms with Crippen LogP contribution >= 0.6 is 12.6 Å². The van der Waals surface area contributed by atoms with E-state index in [0.717, 1.165) is 0 Å². The lowest BCUT2D eigenvalue weighted by Crippen LogP contribution is -2.37. The minimum Gasteiger partial charge on any atom is -0.480 e. The zero-order chi connectivity index (χ0) is 14.1. The fourth-order valence-corrected chi connectivity index (χ4v) is 1.99. The molecule has 0 saturated carbocycles. The van der Waals surface area contributed by atoms with E-state index in [-0.39, 0.29) is 5.78 Å². The molecule has 0 radical (unpaired) electrons. The number of hydrogen-bond acceptors (Lipinski definition) is 4. The quantitative estimate of drug-likeness (QED) is 0.368. The summed E-state index contributed by atoms with van der Waals surface area (Å²) >= 11 is 4.02. The highest BCUT2D eigenvalue weighted by Crippen LogP contribution is 2.05. The molecule has 0 spiro atoms. The molecule has 1 aromatic rings. The van der Waals surface area contributed by atoms with E-state index in [1.165, 1.54) is 0 Å². The first-order chi connectivity index (χ1) is 9.15. The first kappa shape index (κ1) is 15.7.